The van der Waals surface area contributed by atoms with Gasteiger partial charge in [-0.05, 0) is 42.1 Å². The second-order valence-electron chi connectivity index (χ2n) is 6.20. The predicted molar refractivity (Wildman–Crippen MR) is 115 cm³/mol. The predicted octanol–water partition coefficient (Wildman–Crippen LogP) is 5.14. The summed E-state index contributed by atoms with van der Waals surface area (Å²) in [5.74, 6) is 0.690. The number of nitro benzene ring substituents is 1. The average Bonchev–Trinajstić information content (AvgIpc) is 3.29. The number of hydrogen-bond donors (Lipinski definition) is 0. The van der Waals surface area contributed by atoms with E-state index in [1.54, 1.807) is 49.8 Å². The third-order valence-corrected chi connectivity index (χ3v) is 5.58. The molecule has 0 N–H and O–H groups in total. The average molecular weight is 441 g/mol. The minimum absolute atomic E-state index is 0.103. The van der Waals surface area contributed by atoms with Crippen LogP contribution in [0.1, 0.15) is 5.76 Å². The standard InChI is InChI=1S/C20H13ClN4O4S/c1-24-19(26)18(30-20(24)23-12-3-2-8-22-11-12)10-14-5-7-17(29-14)15-6-4-13(25(27)28)9-16(15)21/h2-11H,1H3/b18-10+,23-20?. The first-order chi connectivity index (χ1) is 14.4. The number of likely N-dealkylation sites (N-methyl/N-ethyl adjacent to an activating group) is 1. The van der Waals surface area contributed by atoms with Crippen LogP contribution in [0, 0.1) is 10.1 Å². The largest absolute Gasteiger partial charge is 0.457 e. The maximum atomic E-state index is 12.6. The molecule has 0 unspecified atom stereocenters. The zero-order valence-electron chi connectivity index (χ0n) is 15.5. The monoisotopic (exact) mass is 440 g/mol. The number of amidine groups is 1. The van der Waals surface area contributed by atoms with Crippen LogP contribution >= 0.6 is 23.4 Å². The molecule has 3 heterocycles. The van der Waals surface area contributed by atoms with Gasteiger partial charge < -0.3 is 4.42 Å². The lowest BCUT2D eigenvalue weighted by atomic mass is 10.1. The molecule has 0 saturated carbocycles. The highest BCUT2D eigenvalue weighted by Gasteiger charge is 2.30. The summed E-state index contributed by atoms with van der Waals surface area (Å²) in [6.45, 7) is 0. The highest BCUT2D eigenvalue weighted by Crippen LogP contribution is 2.35. The minimum atomic E-state index is -0.516. The molecule has 0 spiro atoms. The van der Waals surface area contributed by atoms with Crippen LogP contribution in [-0.4, -0.2) is 32.9 Å². The van der Waals surface area contributed by atoms with Crippen LogP contribution in [0.15, 0.2) is 69.2 Å². The zero-order valence-corrected chi connectivity index (χ0v) is 17.1. The summed E-state index contributed by atoms with van der Waals surface area (Å²) in [6, 6.07) is 11.1. The van der Waals surface area contributed by atoms with Gasteiger partial charge in [-0.1, -0.05) is 11.6 Å². The zero-order chi connectivity index (χ0) is 21.3. The molecule has 1 aliphatic heterocycles. The molecule has 2 aromatic heterocycles. The normalized spacial score (nSPS) is 16.6. The molecule has 10 heteroatoms. The van der Waals surface area contributed by atoms with Gasteiger partial charge in [0.2, 0.25) is 0 Å². The van der Waals surface area contributed by atoms with Crippen LogP contribution in [0.3, 0.4) is 0 Å². The van der Waals surface area contributed by atoms with Gasteiger partial charge in [0, 0.05) is 37.0 Å². The summed E-state index contributed by atoms with van der Waals surface area (Å²) in [7, 11) is 1.65. The van der Waals surface area contributed by atoms with Crippen molar-refractivity contribution in [3.63, 3.8) is 0 Å². The number of pyridine rings is 1. The number of nitrogens with zero attached hydrogens (tertiary/aromatic N) is 4. The molecule has 1 saturated heterocycles. The highest BCUT2D eigenvalue weighted by atomic mass is 35.5. The fourth-order valence-electron chi connectivity index (χ4n) is 2.70. The summed E-state index contributed by atoms with van der Waals surface area (Å²) in [6.07, 6.45) is 4.88. The van der Waals surface area contributed by atoms with Crippen LogP contribution in [0.4, 0.5) is 11.4 Å². The number of benzene rings is 1. The first kappa shape index (κ1) is 19.9. The molecule has 0 bridgehead atoms. The maximum Gasteiger partial charge on any atom is 0.270 e. The molecule has 0 radical (unpaired) electrons. The molecular weight excluding hydrogens is 428 g/mol. The van der Waals surface area contributed by atoms with E-state index in [1.807, 2.05) is 0 Å². The van der Waals surface area contributed by atoms with Crippen LogP contribution in [0.25, 0.3) is 17.4 Å². The highest BCUT2D eigenvalue weighted by molar-refractivity contribution is 8.18. The Labute approximate surface area is 180 Å². The number of amides is 1. The van der Waals surface area contributed by atoms with Crippen molar-refractivity contribution in [1.29, 1.82) is 0 Å². The Morgan fingerprint density at radius 1 is 1.30 bits per heavy atom. The van der Waals surface area contributed by atoms with Gasteiger partial charge >= 0.3 is 0 Å². The van der Waals surface area contributed by atoms with Gasteiger partial charge in [-0.15, -0.1) is 0 Å². The van der Waals surface area contributed by atoms with Crippen LogP contribution in [0.5, 0.6) is 0 Å². The van der Waals surface area contributed by atoms with E-state index < -0.39 is 4.92 Å². The molecule has 30 heavy (non-hydrogen) atoms. The number of nitro groups is 1. The van der Waals surface area contributed by atoms with Crippen molar-refractivity contribution in [2.45, 2.75) is 0 Å². The quantitative estimate of drug-likeness (QED) is 0.316. The topological polar surface area (TPSA) is 102 Å². The number of hydrogen-bond acceptors (Lipinski definition) is 7. The number of aromatic nitrogens is 1. The second kappa shape index (κ2) is 8.13. The molecule has 1 aliphatic rings. The van der Waals surface area contributed by atoms with E-state index in [-0.39, 0.29) is 16.6 Å². The molecule has 8 nitrogen and oxygen atoms in total. The fourth-order valence-corrected chi connectivity index (χ4v) is 3.94. The van der Waals surface area contributed by atoms with Crippen molar-refractivity contribution in [3.8, 4) is 11.3 Å². The summed E-state index contributed by atoms with van der Waals surface area (Å²) in [4.78, 5) is 33.3. The van der Waals surface area contributed by atoms with Crippen molar-refractivity contribution >= 4 is 51.9 Å². The minimum Gasteiger partial charge on any atom is -0.457 e. The Bertz CT molecular complexity index is 1210. The third kappa shape index (κ3) is 3.98. The Morgan fingerprint density at radius 2 is 2.13 bits per heavy atom. The van der Waals surface area contributed by atoms with Gasteiger partial charge in [0.25, 0.3) is 11.6 Å². The Morgan fingerprint density at radius 3 is 2.83 bits per heavy atom. The lowest BCUT2D eigenvalue weighted by Crippen LogP contribution is -2.23. The van der Waals surface area contributed by atoms with Crippen LogP contribution < -0.4 is 0 Å². The summed E-state index contributed by atoms with van der Waals surface area (Å²) >= 11 is 7.39. The summed E-state index contributed by atoms with van der Waals surface area (Å²) in [5, 5.41) is 11.6. The lowest BCUT2D eigenvalue weighted by molar-refractivity contribution is -0.384. The summed E-state index contributed by atoms with van der Waals surface area (Å²) in [5.41, 5.74) is 1.07. The van der Waals surface area contributed by atoms with Gasteiger partial charge in [-0.25, -0.2) is 4.99 Å². The van der Waals surface area contributed by atoms with Gasteiger partial charge in [0.15, 0.2) is 5.17 Å². The van der Waals surface area contributed by atoms with E-state index in [4.69, 9.17) is 16.0 Å². The van der Waals surface area contributed by atoms with E-state index >= 15 is 0 Å². The van der Waals surface area contributed by atoms with Crippen molar-refractivity contribution in [2.75, 3.05) is 7.05 Å². The number of carbonyl (C=O) groups is 1. The molecule has 0 atom stereocenters. The van der Waals surface area contributed by atoms with Crippen molar-refractivity contribution in [2.24, 2.45) is 4.99 Å². The van der Waals surface area contributed by atoms with Gasteiger partial charge in [-0.3, -0.25) is 24.8 Å². The number of furan rings is 1. The van der Waals surface area contributed by atoms with Crippen LogP contribution in [-0.2, 0) is 4.79 Å². The van der Waals surface area contributed by atoms with Crippen molar-refractivity contribution < 1.29 is 14.1 Å². The molecular formula is C20H13ClN4O4S. The SMILES string of the molecule is CN1C(=O)/C(=C\c2ccc(-c3ccc([N+](=O)[O-])cc3Cl)o2)SC1=Nc1cccnc1. The Kier molecular flexibility index (Phi) is 5.39. The number of halogens is 1. The molecule has 150 valence electrons. The second-order valence-corrected chi connectivity index (χ2v) is 7.62. The van der Waals surface area contributed by atoms with Gasteiger partial charge in [-0.2, -0.15) is 0 Å². The molecule has 3 aromatic rings. The number of non-ortho nitro benzene ring substituents is 1. The molecule has 4 rings (SSSR count). The number of carbonyl (C=O) groups excluding carboxylic acids is 1. The van der Waals surface area contributed by atoms with E-state index in [2.05, 4.69) is 9.98 Å². The van der Waals surface area contributed by atoms with Crippen molar-refractivity contribution in [1.82, 2.24) is 9.88 Å². The molecule has 1 aromatic carbocycles. The third-order valence-electron chi connectivity index (χ3n) is 4.20. The number of aliphatic imine (C=N–C) groups is 1. The first-order valence-electron chi connectivity index (χ1n) is 8.63. The van der Waals surface area contributed by atoms with Gasteiger partial charge in [0.05, 0.1) is 26.7 Å². The van der Waals surface area contributed by atoms with E-state index in [1.165, 1.54) is 34.9 Å². The fraction of sp³-hybridized carbons (Fsp3) is 0.0500. The Balaban J connectivity index is 1.59. The first-order valence-corrected chi connectivity index (χ1v) is 9.82. The molecule has 0 aliphatic carbocycles. The van der Waals surface area contributed by atoms with E-state index in [0.29, 0.717) is 32.8 Å². The van der Waals surface area contributed by atoms with Crippen molar-refractivity contribution in [3.05, 3.63) is 80.7 Å². The summed E-state index contributed by atoms with van der Waals surface area (Å²) < 4.78 is 5.79. The maximum absolute atomic E-state index is 12.6. The number of rotatable bonds is 4. The smallest absolute Gasteiger partial charge is 0.270 e. The molecule has 1 fully saturated rings. The van der Waals surface area contributed by atoms with E-state index in [9.17, 15) is 14.9 Å². The Hall–Kier alpha value is -3.43. The number of thioether (sulfide) groups is 1. The lowest BCUT2D eigenvalue weighted by Gasteiger charge is -2.06. The molecule has 1 amide bonds. The van der Waals surface area contributed by atoms with E-state index in [0.717, 1.165) is 0 Å². The van der Waals surface area contributed by atoms with Gasteiger partial charge in [0.1, 0.15) is 11.5 Å². The van der Waals surface area contributed by atoms with Crippen LogP contribution in [0.2, 0.25) is 5.02 Å².